The van der Waals surface area contributed by atoms with Gasteiger partial charge in [-0.2, -0.15) is 0 Å². The van der Waals surface area contributed by atoms with Gasteiger partial charge in [-0.25, -0.2) is 0 Å². The third kappa shape index (κ3) is 6.18. The smallest absolute Gasteiger partial charge is 0.308 e. The predicted octanol–water partition coefficient (Wildman–Crippen LogP) is 4.75. The molecule has 4 heteroatoms. The summed E-state index contributed by atoms with van der Waals surface area (Å²) in [7, 11) is -0.840. The van der Waals surface area contributed by atoms with Crippen LogP contribution in [0.25, 0.3) is 0 Å². The fourth-order valence-electron chi connectivity index (χ4n) is 3.37. The second kappa shape index (κ2) is 12.3. The summed E-state index contributed by atoms with van der Waals surface area (Å²) in [5.41, 5.74) is 0. The van der Waals surface area contributed by atoms with Crippen molar-refractivity contribution in [2.75, 3.05) is 12.6 Å². The quantitative estimate of drug-likeness (QED) is 0.262. The van der Waals surface area contributed by atoms with Crippen molar-refractivity contribution < 1.29 is 20.4 Å². The molecule has 4 rings (SSSR count). The van der Waals surface area contributed by atoms with Crippen LogP contribution in [0.1, 0.15) is 0 Å². The van der Waals surface area contributed by atoms with Crippen LogP contribution >= 0.6 is 15.8 Å². The zero-order valence-corrected chi connectivity index (χ0v) is 20.0. The van der Waals surface area contributed by atoms with Crippen LogP contribution in [0.3, 0.4) is 0 Å². The molecule has 0 saturated heterocycles. The van der Waals surface area contributed by atoms with Gasteiger partial charge >= 0.3 is 20.4 Å². The van der Waals surface area contributed by atoms with E-state index in [2.05, 4.69) is 127 Å². The van der Waals surface area contributed by atoms with Gasteiger partial charge in [0.2, 0.25) is 0 Å². The molecule has 4 aromatic rings. The molecule has 0 atom stereocenters. The van der Waals surface area contributed by atoms with Gasteiger partial charge in [-0.05, 0) is 37.1 Å². The number of nitrogens with one attached hydrogen (secondary N) is 1. The third-order valence-electron chi connectivity index (χ3n) is 4.81. The van der Waals surface area contributed by atoms with E-state index in [0.717, 1.165) is 12.6 Å². The molecule has 0 heterocycles. The molecule has 0 aliphatic rings. The molecule has 0 bridgehead atoms. The molecule has 30 heavy (non-hydrogen) atoms. The van der Waals surface area contributed by atoms with Gasteiger partial charge in [0.1, 0.15) is 0 Å². The Bertz CT molecular complexity index is 820. The fourth-order valence-corrected chi connectivity index (χ4v) is 7.67. The van der Waals surface area contributed by atoms with E-state index in [1.165, 1.54) is 21.2 Å². The van der Waals surface area contributed by atoms with Crippen molar-refractivity contribution in [1.29, 1.82) is 0 Å². The fraction of sp³-hybridized carbons (Fsp3) is 0.0769. The second-order valence-electron chi connectivity index (χ2n) is 6.76. The monoisotopic (exact) mass is 519 g/mol. The predicted molar refractivity (Wildman–Crippen MR) is 131 cm³/mol. The van der Waals surface area contributed by atoms with Crippen LogP contribution in [0, 0.1) is 0 Å². The number of rotatable bonds is 8. The minimum absolute atomic E-state index is 0. The Morgan fingerprint density at radius 3 is 0.867 bits per heavy atom. The molecule has 0 aliphatic heterocycles. The van der Waals surface area contributed by atoms with Gasteiger partial charge < -0.3 is 5.32 Å². The third-order valence-corrected chi connectivity index (χ3v) is 9.58. The Kier molecular flexibility index (Phi) is 9.42. The molecule has 0 saturated carbocycles. The van der Waals surface area contributed by atoms with E-state index >= 15 is 0 Å². The molecular weight excluding hydrogens is 495 g/mol. The van der Waals surface area contributed by atoms with Crippen molar-refractivity contribution in [3.8, 4) is 0 Å². The molecule has 0 aromatic heterocycles. The van der Waals surface area contributed by atoms with Gasteiger partial charge in [0.15, 0.2) is 0 Å². The Labute approximate surface area is 196 Å². The van der Waals surface area contributed by atoms with E-state index in [9.17, 15) is 0 Å². The zero-order valence-electron chi connectivity index (χ0n) is 16.7. The van der Waals surface area contributed by atoms with Gasteiger partial charge in [-0.1, -0.05) is 121 Å². The summed E-state index contributed by atoms with van der Waals surface area (Å²) in [5, 5.41) is 9.52. The molecule has 0 amide bonds. The molecule has 0 aliphatic carbocycles. The Balaban J connectivity index is 0.00000256. The summed E-state index contributed by atoms with van der Waals surface area (Å²) in [5.74, 6) is 0. The molecular formula is C26H25NP2Pd+2. The SMILES string of the molecule is [Pd+2].c1ccc(P(CNCP(c2ccccc2)c2ccccc2)c2ccccc2)cc1. The van der Waals surface area contributed by atoms with Crippen molar-refractivity contribution in [3.63, 3.8) is 0 Å². The average molecular weight is 520 g/mol. The van der Waals surface area contributed by atoms with Gasteiger partial charge in [-0.15, -0.1) is 0 Å². The molecule has 0 unspecified atom stereocenters. The van der Waals surface area contributed by atoms with Crippen LogP contribution in [-0.4, -0.2) is 12.6 Å². The van der Waals surface area contributed by atoms with Crippen LogP contribution < -0.4 is 26.5 Å². The van der Waals surface area contributed by atoms with E-state index < -0.39 is 15.8 Å². The van der Waals surface area contributed by atoms with E-state index in [1.54, 1.807) is 0 Å². The van der Waals surface area contributed by atoms with Crippen molar-refractivity contribution >= 4 is 37.1 Å². The molecule has 0 radical (unpaired) electrons. The summed E-state index contributed by atoms with van der Waals surface area (Å²) in [6.07, 6.45) is 1.98. The summed E-state index contributed by atoms with van der Waals surface area (Å²) < 4.78 is 0. The average Bonchev–Trinajstić information content (AvgIpc) is 2.81. The minimum Gasteiger partial charge on any atom is -0.308 e. The summed E-state index contributed by atoms with van der Waals surface area (Å²) in [4.78, 5) is 0. The van der Waals surface area contributed by atoms with Gasteiger partial charge in [0.05, 0.1) is 0 Å². The zero-order chi connectivity index (χ0) is 19.7. The van der Waals surface area contributed by atoms with Gasteiger partial charge in [0, 0.05) is 12.6 Å². The van der Waals surface area contributed by atoms with Gasteiger partial charge in [0.25, 0.3) is 0 Å². The Hall–Kier alpha value is -1.64. The Morgan fingerprint density at radius 2 is 0.633 bits per heavy atom. The van der Waals surface area contributed by atoms with Crippen LogP contribution in [0.4, 0.5) is 0 Å². The minimum atomic E-state index is -0.420. The van der Waals surface area contributed by atoms with E-state index in [0.29, 0.717) is 0 Å². The molecule has 0 fully saturated rings. The number of hydrogen-bond acceptors (Lipinski definition) is 1. The summed E-state index contributed by atoms with van der Waals surface area (Å²) in [6.45, 7) is 0. The molecule has 1 nitrogen and oxygen atoms in total. The first-order valence-corrected chi connectivity index (χ1v) is 12.9. The molecule has 1 N–H and O–H groups in total. The van der Waals surface area contributed by atoms with Crippen molar-refractivity contribution in [3.05, 3.63) is 121 Å². The summed E-state index contributed by atoms with van der Waals surface area (Å²) in [6, 6.07) is 43.7. The van der Waals surface area contributed by atoms with Crippen molar-refractivity contribution in [2.45, 2.75) is 0 Å². The second-order valence-corrected chi connectivity index (χ2v) is 11.2. The molecule has 152 valence electrons. The van der Waals surface area contributed by atoms with Crippen molar-refractivity contribution in [1.82, 2.24) is 5.32 Å². The van der Waals surface area contributed by atoms with E-state index in [1.807, 2.05) is 0 Å². The van der Waals surface area contributed by atoms with Crippen LogP contribution in [0.15, 0.2) is 121 Å². The number of hydrogen-bond donors (Lipinski definition) is 1. The first kappa shape index (κ1) is 23.0. The van der Waals surface area contributed by atoms with Crippen LogP contribution in [-0.2, 0) is 20.4 Å². The maximum absolute atomic E-state index is 3.84. The maximum atomic E-state index is 3.84. The normalized spacial score (nSPS) is 10.7. The summed E-state index contributed by atoms with van der Waals surface area (Å²) >= 11 is 0. The molecule has 0 spiro atoms. The van der Waals surface area contributed by atoms with Gasteiger partial charge in [-0.3, -0.25) is 0 Å². The first-order chi connectivity index (χ1) is 14.4. The molecule has 4 aromatic carbocycles. The van der Waals surface area contributed by atoms with E-state index in [-0.39, 0.29) is 20.4 Å². The standard InChI is InChI=1S/C26H25NP2.Pd/c1-5-13-23(14-6-1)28(24-15-7-2-8-16-24)21-27-22-29(25-17-9-3-10-18-25)26-19-11-4-12-20-26;/h1-20,27H,21-22H2;/q;+2. The Morgan fingerprint density at radius 1 is 0.400 bits per heavy atom. The van der Waals surface area contributed by atoms with Crippen molar-refractivity contribution in [2.24, 2.45) is 0 Å². The van der Waals surface area contributed by atoms with E-state index in [4.69, 9.17) is 0 Å². The van der Waals surface area contributed by atoms with Crippen LogP contribution in [0.2, 0.25) is 0 Å². The first-order valence-electron chi connectivity index (χ1n) is 9.88. The topological polar surface area (TPSA) is 12.0 Å². The number of benzene rings is 4. The van der Waals surface area contributed by atoms with Crippen LogP contribution in [0.5, 0.6) is 0 Å². The maximum Gasteiger partial charge on any atom is 2.00 e. The largest absolute Gasteiger partial charge is 2.00 e.